The Morgan fingerprint density at radius 3 is 2.91 bits per heavy atom. The molecule has 6 heteroatoms. The fourth-order valence-corrected chi connectivity index (χ4v) is 5.53. The molecule has 0 radical (unpaired) electrons. The minimum Gasteiger partial charge on any atom is -0.365 e. The molecule has 4 heterocycles. The maximum Gasteiger partial charge on any atom is 0.124 e. The van der Waals surface area contributed by atoms with E-state index in [2.05, 4.69) is 65.1 Å². The summed E-state index contributed by atoms with van der Waals surface area (Å²) in [5.41, 5.74) is 3.65. The van der Waals surface area contributed by atoms with Crippen LogP contribution in [-0.2, 0) is 12.8 Å². The molecule has 166 valence electrons. The molecular formula is C26H31N5S. The van der Waals surface area contributed by atoms with Crippen molar-refractivity contribution in [1.82, 2.24) is 20.2 Å². The summed E-state index contributed by atoms with van der Waals surface area (Å²) in [6, 6.07) is 15.4. The number of aromatic nitrogens is 2. The zero-order valence-electron chi connectivity index (χ0n) is 18.7. The van der Waals surface area contributed by atoms with Crippen LogP contribution in [0.25, 0.3) is 11.9 Å². The van der Waals surface area contributed by atoms with E-state index in [1.54, 1.807) is 11.3 Å². The summed E-state index contributed by atoms with van der Waals surface area (Å²) in [5, 5.41) is 11.8. The fourth-order valence-electron chi connectivity index (χ4n) is 4.55. The molecule has 0 spiro atoms. The Balaban J connectivity index is 1.46. The first-order valence-corrected chi connectivity index (χ1v) is 12.6. The van der Waals surface area contributed by atoms with Gasteiger partial charge in [-0.2, -0.15) is 0 Å². The van der Waals surface area contributed by atoms with Gasteiger partial charge in [0, 0.05) is 43.3 Å². The van der Waals surface area contributed by atoms with Crippen molar-refractivity contribution in [2.45, 2.75) is 45.1 Å². The van der Waals surface area contributed by atoms with Gasteiger partial charge < -0.3 is 15.5 Å². The lowest BCUT2D eigenvalue weighted by Crippen LogP contribution is -2.52. The molecular weight excluding hydrogens is 414 g/mol. The van der Waals surface area contributed by atoms with E-state index in [0.717, 1.165) is 60.2 Å². The maximum absolute atomic E-state index is 5.12. The van der Waals surface area contributed by atoms with Crippen LogP contribution in [0.5, 0.6) is 0 Å². The van der Waals surface area contributed by atoms with Gasteiger partial charge in [-0.3, -0.25) is 4.98 Å². The molecule has 5 nitrogen and oxygen atoms in total. The summed E-state index contributed by atoms with van der Waals surface area (Å²) in [7, 11) is 0. The molecule has 2 aliphatic rings. The van der Waals surface area contributed by atoms with E-state index in [4.69, 9.17) is 9.97 Å². The summed E-state index contributed by atoms with van der Waals surface area (Å²) in [6.45, 7) is 5.15. The zero-order valence-corrected chi connectivity index (χ0v) is 19.5. The van der Waals surface area contributed by atoms with Crippen LogP contribution in [0.15, 0.2) is 48.7 Å². The molecule has 2 aromatic heterocycles. The lowest BCUT2D eigenvalue weighted by atomic mass is 10.0. The van der Waals surface area contributed by atoms with Gasteiger partial charge in [-0.25, -0.2) is 4.98 Å². The van der Waals surface area contributed by atoms with Gasteiger partial charge in [-0.05, 0) is 43.4 Å². The number of hydrogen-bond donors (Lipinski definition) is 2. The standard InChI is InChI=1S/C26H31N5S/c1-2-3-11-22-30-24-25(23-20(10-7-14-28-23)17-29-26(24)32-22)31-16-15-27-21(18-31)13-12-19-8-5-4-6-9-19/h4-10,14,17,21,27,29H,2-3,11-13,15-16,18H2,1H3. The van der Waals surface area contributed by atoms with Crippen molar-refractivity contribution in [3.8, 4) is 0 Å². The molecule has 3 aromatic rings. The van der Waals surface area contributed by atoms with E-state index < -0.39 is 0 Å². The SMILES string of the molecule is CCCCc1nc2c(s1)NC=c1cccnc1=C2N1CCNC(CCc2ccccc2)C1. The van der Waals surface area contributed by atoms with E-state index >= 15 is 0 Å². The monoisotopic (exact) mass is 445 g/mol. The molecule has 0 amide bonds. The van der Waals surface area contributed by atoms with E-state index in [9.17, 15) is 0 Å². The molecule has 1 aromatic carbocycles. The molecule has 1 unspecified atom stereocenters. The van der Waals surface area contributed by atoms with Crippen LogP contribution in [0, 0.1) is 0 Å². The fraction of sp³-hybridized carbons (Fsp3) is 0.385. The first-order chi connectivity index (χ1) is 15.8. The normalized spacial score (nSPS) is 17.7. The van der Waals surface area contributed by atoms with Gasteiger partial charge in [0.05, 0.1) is 16.1 Å². The third-order valence-corrected chi connectivity index (χ3v) is 7.30. The van der Waals surface area contributed by atoms with E-state index in [-0.39, 0.29) is 0 Å². The number of thiazole rings is 1. The van der Waals surface area contributed by atoms with Crippen molar-refractivity contribution in [3.05, 3.63) is 75.5 Å². The number of piperazine rings is 1. The molecule has 0 saturated carbocycles. The Hall–Kier alpha value is -2.70. The number of unbranched alkanes of at least 4 members (excludes halogenated alkanes) is 1. The third kappa shape index (κ3) is 4.57. The highest BCUT2D eigenvalue weighted by Gasteiger charge is 2.27. The van der Waals surface area contributed by atoms with Gasteiger partial charge in [0.25, 0.3) is 0 Å². The maximum atomic E-state index is 5.12. The predicted molar refractivity (Wildman–Crippen MR) is 133 cm³/mol. The highest BCUT2D eigenvalue weighted by atomic mass is 32.1. The predicted octanol–water partition coefficient (Wildman–Crippen LogP) is 3.11. The van der Waals surface area contributed by atoms with E-state index in [0.29, 0.717) is 6.04 Å². The summed E-state index contributed by atoms with van der Waals surface area (Å²) in [4.78, 5) is 12.5. The van der Waals surface area contributed by atoms with Gasteiger partial charge in [0.15, 0.2) is 0 Å². The number of pyridine rings is 1. The molecule has 0 aliphatic carbocycles. The lowest BCUT2D eigenvalue weighted by molar-refractivity contribution is 0.268. The van der Waals surface area contributed by atoms with Gasteiger partial charge in [0.1, 0.15) is 10.7 Å². The van der Waals surface area contributed by atoms with Crippen LogP contribution in [-0.4, -0.2) is 40.5 Å². The molecule has 1 saturated heterocycles. The second-order valence-electron chi connectivity index (χ2n) is 8.59. The molecule has 1 atom stereocenters. The Morgan fingerprint density at radius 2 is 2.03 bits per heavy atom. The number of benzene rings is 1. The summed E-state index contributed by atoms with van der Waals surface area (Å²) < 4.78 is 0. The van der Waals surface area contributed by atoms with Gasteiger partial charge in [0.2, 0.25) is 0 Å². The summed E-state index contributed by atoms with van der Waals surface area (Å²) >= 11 is 1.79. The van der Waals surface area contributed by atoms with E-state index in [1.807, 2.05) is 12.3 Å². The first kappa shape index (κ1) is 21.2. The quantitative estimate of drug-likeness (QED) is 0.585. The molecule has 5 rings (SSSR count). The molecule has 32 heavy (non-hydrogen) atoms. The van der Waals surface area contributed by atoms with Crippen LogP contribution < -0.4 is 21.2 Å². The number of fused-ring (bicyclic) bond motifs is 2. The minimum absolute atomic E-state index is 0.449. The van der Waals surface area contributed by atoms with Crippen LogP contribution in [0.4, 0.5) is 5.00 Å². The Bertz CT molecular complexity index is 1170. The van der Waals surface area contributed by atoms with Gasteiger partial charge >= 0.3 is 0 Å². The van der Waals surface area contributed by atoms with Crippen molar-refractivity contribution in [2.24, 2.45) is 0 Å². The zero-order chi connectivity index (χ0) is 21.8. The second kappa shape index (κ2) is 9.84. The van der Waals surface area contributed by atoms with Crippen molar-refractivity contribution in [3.63, 3.8) is 0 Å². The molecule has 2 N–H and O–H groups in total. The van der Waals surface area contributed by atoms with Crippen LogP contribution >= 0.6 is 11.3 Å². The first-order valence-electron chi connectivity index (χ1n) is 11.8. The van der Waals surface area contributed by atoms with E-state index in [1.165, 1.54) is 29.1 Å². The topological polar surface area (TPSA) is 53.1 Å². The molecule has 0 bridgehead atoms. The van der Waals surface area contributed by atoms with Gasteiger partial charge in [-0.15, -0.1) is 11.3 Å². The highest BCUT2D eigenvalue weighted by Crippen LogP contribution is 2.32. The second-order valence-corrected chi connectivity index (χ2v) is 9.67. The van der Waals surface area contributed by atoms with Crippen molar-refractivity contribution in [2.75, 3.05) is 25.0 Å². The Kier molecular flexibility index (Phi) is 6.51. The number of hydrogen-bond acceptors (Lipinski definition) is 6. The average Bonchev–Trinajstić information content (AvgIpc) is 3.17. The van der Waals surface area contributed by atoms with Crippen LogP contribution in [0.3, 0.4) is 0 Å². The molecule has 1 fully saturated rings. The smallest absolute Gasteiger partial charge is 0.124 e. The number of anilines is 1. The van der Waals surface area contributed by atoms with Crippen LogP contribution in [0.1, 0.15) is 42.5 Å². The largest absolute Gasteiger partial charge is 0.365 e. The Morgan fingerprint density at radius 1 is 1.12 bits per heavy atom. The number of nitrogens with one attached hydrogen (secondary N) is 2. The van der Waals surface area contributed by atoms with Crippen molar-refractivity contribution < 1.29 is 0 Å². The lowest BCUT2D eigenvalue weighted by Gasteiger charge is -2.36. The van der Waals surface area contributed by atoms with Gasteiger partial charge in [-0.1, -0.05) is 43.7 Å². The number of nitrogens with zero attached hydrogens (tertiary/aromatic N) is 3. The third-order valence-electron chi connectivity index (χ3n) is 6.26. The molecule has 2 aliphatic heterocycles. The van der Waals surface area contributed by atoms with Crippen molar-refractivity contribution in [1.29, 1.82) is 0 Å². The van der Waals surface area contributed by atoms with Crippen molar-refractivity contribution >= 4 is 28.2 Å². The number of rotatable bonds is 7. The summed E-state index contributed by atoms with van der Waals surface area (Å²) in [5.74, 6) is 0. The van der Waals surface area contributed by atoms with Crippen LogP contribution in [0.2, 0.25) is 0 Å². The average molecular weight is 446 g/mol. The minimum atomic E-state index is 0.449. The summed E-state index contributed by atoms with van der Waals surface area (Å²) in [6.07, 6.45) is 9.61. The number of aryl methyl sites for hydroxylation is 2. The Labute approximate surface area is 193 Å². The highest BCUT2D eigenvalue weighted by molar-refractivity contribution is 7.16.